The van der Waals surface area contributed by atoms with Gasteiger partial charge in [-0.1, -0.05) is 6.07 Å². The van der Waals surface area contributed by atoms with E-state index in [0.29, 0.717) is 5.46 Å². The number of anilines is 2. The van der Waals surface area contributed by atoms with Crippen LogP contribution >= 0.6 is 0 Å². The number of hydrogen-bond donors (Lipinski definition) is 3. The molecule has 2 heterocycles. The first-order valence-electron chi connectivity index (χ1n) is 6.23. The molecule has 0 amide bonds. The van der Waals surface area contributed by atoms with E-state index in [2.05, 4.69) is 9.71 Å². The summed E-state index contributed by atoms with van der Waals surface area (Å²) in [5, 5.41) is 9.09. The summed E-state index contributed by atoms with van der Waals surface area (Å²) < 4.78 is 44.9. The van der Waals surface area contributed by atoms with Gasteiger partial charge in [0.15, 0.2) is 5.03 Å². The van der Waals surface area contributed by atoms with Crippen LogP contribution in [0.25, 0.3) is 0 Å². The molecule has 0 unspecified atom stereocenters. The van der Waals surface area contributed by atoms with Crippen molar-refractivity contribution < 1.29 is 22.5 Å². The Labute approximate surface area is 126 Å². The molecule has 3 rings (SSSR count). The van der Waals surface area contributed by atoms with Gasteiger partial charge in [0.2, 0.25) is 0 Å². The number of fused-ring (bicyclic) bond motifs is 1. The monoisotopic (exact) mass is 323 g/mol. The highest BCUT2D eigenvalue weighted by atomic mass is 32.2. The minimum atomic E-state index is -4.10. The number of pyridine rings is 1. The van der Waals surface area contributed by atoms with E-state index >= 15 is 0 Å². The molecule has 1 aromatic carbocycles. The average molecular weight is 323 g/mol. The fourth-order valence-corrected chi connectivity index (χ4v) is 3.15. The van der Waals surface area contributed by atoms with Gasteiger partial charge in [0.25, 0.3) is 10.0 Å². The molecule has 4 N–H and O–H groups in total. The van der Waals surface area contributed by atoms with E-state index in [1.165, 1.54) is 12.1 Å². The molecule has 0 fully saturated rings. The molecule has 1 aliphatic heterocycles. The molecular formula is C12H11BFN3O4S. The molecule has 114 valence electrons. The molecular weight excluding hydrogens is 312 g/mol. The second kappa shape index (κ2) is 5.23. The first kappa shape index (κ1) is 14.8. The van der Waals surface area contributed by atoms with Crippen LogP contribution in [0.3, 0.4) is 0 Å². The van der Waals surface area contributed by atoms with Gasteiger partial charge in [0.1, 0.15) is 11.6 Å². The Balaban J connectivity index is 1.93. The lowest BCUT2D eigenvalue weighted by Gasteiger charge is -2.09. The zero-order chi connectivity index (χ0) is 15.9. The van der Waals surface area contributed by atoms with Crippen LogP contribution in [-0.2, 0) is 21.3 Å². The zero-order valence-electron chi connectivity index (χ0n) is 11.2. The highest BCUT2D eigenvalue weighted by molar-refractivity contribution is 7.92. The standard InChI is InChI=1S/C12H11BFN3O4S/c14-8-3-11(15)16-12(4-8)22(19,20)17-9-2-1-7-6-21-13(18)10(7)5-9/h1-5,17-18H,6H2,(H2,15,16). The van der Waals surface area contributed by atoms with Crippen molar-refractivity contribution in [1.29, 1.82) is 0 Å². The minimum Gasteiger partial charge on any atom is -0.423 e. The second-order valence-electron chi connectivity index (χ2n) is 4.73. The Kier molecular flexibility index (Phi) is 3.51. The number of halogens is 1. The van der Waals surface area contributed by atoms with Gasteiger partial charge in [-0.05, 0) is 23.2 Å². The predicted octanol–water partition coefficient (Wildman–Crippen LogP) is -0.179. The first-order chi connectivity index (χ1) is 10.3. The Hall–Kier alpha value is -2.17. The van der Waals surface area contributed by atoms with Crippen molar-refractivity contribution in [3.63, 3.8) is 0 Å². The third kappa shape index (κ3) is 2.75. The number of nitrogens with one attached hydrogen (secondary N) is 1. The maximum Gasteiger partial charge on any atom is 0.491 e. The van der Waals surface area contributed by atoms with Crippen molar-refractivity contribution in [1.82, 2.24) is 4.98 Å². The van der Waals surface area contributed by atoms with Crippen LogP contribution in [-0.4, -0.2) is 25.5 Å². The SMILES string of the molecule is Nc1cc(F)cc(S(=O)(=O)Nc2ccc3c(c2)B(O)OC3)n1. The number of nitrogen functional groups attached to an aromatic ring is 1. The Bertz CT molecular complexity index is 826. The first-order valence-corrected chi connectivity index (χ1v) is 7.72. The molecule has 0 atom stereocenters. The molecule has 10 heteroatoms. The summed E-state index contributed by atoms with van der Waals surface area (Å²) in [7, 11) is -5.19. The van der Waals surface area contributed by atoms with Crippen LogP contribution < -0.4 is 15.9 Å². The lowest BCUT2D eigenvalue weighted by Crippen LogP contribution is -2.28. The van der Waals surface area contributed by atoms with E-state index in [4.69, 9.17) is 10.4 Å². The van der Waals surface area contributed by atoms with Crippen molar-refractivity contribution >= 4 is 34.1 Å². The Morgan fingerprint density at radius 3 is 2.86 bits per heavy atom. The Morgan fingerprint density at radius 1 is 1.36 bits per heavy atom. The largest absolute Gasteiger partial charge is 0.491 e. The molecule has 22 heavy (non-hydrogen) atoms. The van der Waals surface area contributed by atoms with Gasteiger partial charge in [-0.2, -0.15) is 8.42 Å². The van der Waals surface area contributed by atoms with Gasteiger partial charge in [-0.15, -0.1) is 0 Å². The van der Waals surface area contributed by atoms with Crippen LogP contribution in [0.15, 0.2) is 35.4 Å². The molecule has 0 saturated heterocycles. The predicted molar refractivity (Wildman–Crippen MR) is 78.3 cm³/mol. The number of sulfonamides is 1. The number of benzene rings is 1. The van der Waals surface area contributed by atoms with Gasteiger partial charge in [-0.3, -0.25) is 4.72 Å². The molecule has 1 aromatic heterocycles. The molecule has 0 bridgehead atoms. The van der Waals surface area contributed by atoms with E-state index in [0.717, 1.165) is 17.7 Å². The second-order valence-corrected chi connectivity index (χ2v) is 6.36. The minimum absolute atomic E-state index is 0.202. The summed E-state index contributed by atoms with van der Waals surface area (Å²) in [4.78, 5) is 3.60. The van der Waals surface area contributed by atoms with Gasteiger partial charge < -0.3 is 15.4 Å². The van der Waals surface area contributed by atoms with Gasteiger partial charge in [-0.25, -0.2) is 9.37 Å². The van der Waals surface area contributed by atoms with Crippen LogP contribution in [0, 0.1) is 5.82 Å². The molecule has 0 saturated carbocycles. The summed E-state index contributed by atoms with van der Waals surface area (Å²) >= 11 is 0. The summed E-state index contributed by atoms with van der Waals surface area (Å²) in [5.41, 5.74) is 6.80. The van der Waals surface area contributed by atoms with Crippen molar-refractivity contribution in [3.8, 4) is 0 Å². The van der Waals surface area contributed by atoms with Crippen LogP contribution in [0.2, 0.25) is 0 Å². The van der Waals surface area contributed by atoms with E-state index in [1.54, 1.807) is 6.07 Å². The molecule has 0 spiro atoms. The van der Waals surface area contributed by atoms with Crippen LogP contribution in [0.5, 0.6) is 0 Å². The quantitative estimate of drug-likeness (QED) is 0.675. The summed E-state index contributed by atoms with van der Waals surface area (Å²) in [6.45, 7) is 0.255. The number of nitrogens with zero attached hydrogens (tertiary/aromatic N) is 1. The van der Waals surface area contributed by atoms with E-state index in [-0.39, 0.29) is 18.1 Å². The average Bonchev–Trinajstić information content (AvgIpc) is 2.79. The summed E-state index contributed by atoms with van der Waals surface area (Å²) in [6, 6.07) is 6.29. The maximum absolute atomic E-state index is 13.3. The summed E-state index contributed by atoms with van der Waals surface area (Å²) in [5.74, 6) is -1.04. The molecule has 0 radical (unpaired) electrons. The van der Waals surface area contributed by atoms with Gasteiger partial charge in [0.05, 0.1) is 6.61 Å². The Morgan fingerprint density at radius 2 is 2.14 bits per heavy atom. The number of aromatic nitrogens is 1. The molecule has 1 aliphatic rings. The lowest BCUT2D eigenvalue weighted by molar-refractivity contribution is 0.275. The number of hydrogen-bond acceptors (Lipinski definition) is 6. The lowest BCUT2D eigenvalue weighted by atomic mass is 9.79. The topological polar surface area (TPSA) is 115 Å². The van der Waals surface area contributed by atoms with E-state index in [9.17, 15) is 17.8 Å². The van der Waals surface area contributed by atoms with Gasteiger partial charge >= 0.3 is 7.12 Å². The van der Waals surface area contributed by atoms with Crippen molar-refractivity contribution in [2.24, 2.45) is 0 Å². The third-order valence-electron chi connectivity index (χ3n) is 3.12. The maximum atomic E-state index is 13.3. The highest BCUT2D eigenvalue weighted by Gasteiger charge is 2.28. The fraction of sp³-hybridized carbons (Fsp3) is 0.0833. The molecule has 0 aliphatic carbocycles. The fourth-order valence-electron chi connectivity index (χ4n) is 2.12. The van der Waals surface area contributed by atoms with Crippen molar-refractivity contribution in [2.45, 2.75) is 11.6 Å². The molecule has 2 aromatic rings. The third-order valence-corrected chi connectivity index (χ3v) is 4.39. The van der Waals surface area contributed by atoms with Crippen LogP contribution in [0.4, 0.5) is 15.9 Å². The molecule has 7 nitrogen and oxygen atoms in total. The van der Waals surface area contributed by atoms with Gasteiger partial charge in [0, 0.05) is 17.8 Å². The van der Waals surface area contributed by atoms with Crippen molar-refractivity contribution in [3.05, 3.63) is 41.7 Å². The van der Waals surface area contributed by atoms with E-state index < -0.39 is 28.0 Å². The van der Waals surface area contributed by atoms with Crippen molar-refractivity contribution in [2.75, 3.05) is 10.5 Å². The number of nitrogens with two attached hydrogens (primary N) is 1. The normalized spacial score (nSPS) is 14.0. The smallest absolute Gasteiger partial charge is 0.423 e. The van der Waals surface area contributed by atoms with E-state index in [1.807, 2.05) is 0 Å². The van der Waals surface area contributed by atoms with Crippen LogP contribution in [0.1, 0.15) is 5.56 Å². The number of rotatable bonds is 3. The zero-order valence-corrected chi connectivity index (χ0v) is 12.0. The highest BCUT2D eigenvalue weighted by Crippen LogP contribution is 2.19. The summed E-state index contributed by atoms with van der Waals surface area (Å²) in [6.07, 6.45) is 0.